The fraction of sp³-hybridized carbons (Fsp3) is 0.680. The fourth-order valence-corrected chi connectivity index (χ4v) is 6.39. The van der Waals surface area contributed by atoms with Crippen LogP contribution in [-0.2, 0) is 19.1 Å². The van der Waals surface area contributed by atoms with Crippen LogP contribution < -0.4 is 26.5 Å². The maximum atomic E-state index is 13.1. The van der Waals surface area contributed by atoms with E-state index in [0.717, 1.165) is 22.8 Å². The van der Waals surface area contributed by atoms with Gasteiger partial charge in [0, 0.05) is 0 Å². The number of carbonyl (C=O) groups is 2. The van der Waals surface area contributed by atoms with E-state index in [-0.39, 0.29) is 45.2 Å². The van der Waals surface area contributed by atoms with Crippen LogP contribution in [0.1, 0.15) is 51.7 Å². The van der Waals surface area contributed by atoms with Gasteiger partial charge in [-0.3, -0.25) is 0 Å². The Labute approximate surface area is 208 Å². The molecule has 1 fully saturated rings. The molecule has 0 spiro atoms. The van der Waals surface area contributed by atoms with Gasteiger partial charge in [-0.05, 0) is 5.56 Å². The van der Waals surface area contributed by atoms with Crippen molar-refractivity contribution in [3.05, 3.63) is 35.9 Å². The number of ether oxygens (including phenoxy) is 2. The number of halogens is 1. The summed E-state index contributed by atoms with van der Waals surface area (Å²) in [6.07, 6.45) is 0.834. The van der Waals surface area contributed by atoms with Crippen LogP contribution in [0.5, 0.6) is 0 Å². The van der Waals surface area contributed by atoms with Gasteiger partial charge in [-0.25, -0.2) is 0 Å². The zero-order chi connectivity index (χ0) is 24.4. The molecule has 6 atom stereocenters. The van der Waals surface area contributed by atoms with Crippen molar-refractivity contribution in [1.82, 2.24) is 10.2 Å². The first-order chi connectivity index (χ1) is 15.8. The van der Waals surface area contributed by atoms with Gasteiger partial charge in [0.1, 0.15) is 0 Å². The third-order valence-electron chi connectivity index (χ3n) is 6.37. The van der Waals surface area contributed by atoms with Gasteiger partial charge in [-0.1, -0.05) is 30.3 Å². The van der Waals surface area contributed by atoms with E-state index in [2.05, 4.69) is 12.2 Å². The molecule has 1 aromatic rings. The normalized spacial score (nSPS) is 20.8. The summed E-state index contributed by atoms with van der Waals surface area (Å²) < 4.78 is 13.5. The van der Waals surface area contributed by atoms with Crippen molar-refractivity contribution in [2.45, 2.75) is 70.4 Å². The molecule has 7 nitrogen and oxygen atoms in total. The minimum atomic E-state index is -0.801. The average Bonchev–Trinajstić information content (AvgIpc) is 3.31. The van der Waals surface area contributed by atoms with Crippen LogP contribution in [0.4, 0.5) is 0 Å². The van der Waals surface area contributed by atoms with Gasteiger partial charge in [0.15, 0.2) is 0 Å². The zero-order valence-corrected chi connectivity index (χ0v) is 22.7. The number of alkyl halides is 2. The molecule has 2 rings (SSSR count). The van der Waals surface area contributed by atoms with E-state index in [1.54, 1.807) is 21.1 Å². The van der Waals surface area contributed by atoms with Gasteiger partial charge in [0.05, 0.1) is 0 Å². The monoisotopic (exact) mass is 575 g/mol. The molecule has 0 bridgehead atoms. The van der Waals surface area contributed by atoms with Crippen LogP contribution >= 0.6 is 0 Å². The Kier molecular flexibility index (Phi) is 12.1. The molecule has 188 valence electrons. The summed E-state index contributed by atoms with van der Waals surface area (Å²) in [6.45, 7) is 6.47. The zero-order valence-electron chi connectivity index (χ0n) is 20.5. The van der Waals surface area contributed by atoms with Crippen LogP contribution in [0, 0.1) is 5.92 Å². The first-order valence-electron chi connectivity index (χ1n) is 11.8. The van der Waals surface area contributed by atoms with E-state index < -0.39 is 24.2 Å². The van der Waals surface area contributed by atoms with Gasteiger partial charge in [-0.15, -0.1) is 0 Å². The molecule has 5 unspecified atom stereocenters. The number of hydrogen-bond donors (Lipinski definition) is 2. The average molecular weight is 576 g/mol. The summed E-state index contributed by atoms with van der Waals surface area (Å²) in [6, 6.07) is 8.70. The van der Waals surface area contributed by atoms with Crippen molar-refractivity contribution in [2.75, 3.05) is 29.6 Å². The molecular weight excluding hydrogens is 535 g/mol. The Bertz CT molecular complexity index is 735. The number of nitrogens with zero attached hydrogens (tertiary/aromatic N) is 1. The Hall–Kier alpha value is -1.23. The number of nitrogens with one attached hydrogen (secondary N) is 1. The summed E-state index contributed by atoms with van der Waals surface area (Å²) >= 11 is 0.0639. The number of amides is 2. The summed E-state index contributed by atoms with van der Waals surface area (Å²) in [4.78, 5) is 28.0. The van der Waals surface area contributed by atoms with Crippen molar-refractivity contribution < 1.29 is 45.4 Å². The molecule has 2 N–H and O–H groups in total. The molecule has 33 heavy (non-hydrogen) atoms. The first kappa shape index (κ1) is 28.0. The Morgan fingerprint density at radius 3 is 2.52 bits per heavy atom. The van der Waals surface area contributed by atoms with Crippen LogP contribution in [-0.4, -0.2) is 75.7 Å². The third-order valence-corrected chi connectivity index (χ3v) is 9.05. The number of aliphatic hydroxyl groups is 1. The van der Waals surface area contributed by atoms with Crippen molar-refractivity contribution in [3.8, 4) is 0 Å². The van der Waals surface area contributed by atoms with Crippen LogP contribution in [0.15, 0.2) is 30.3 Å². The van der Waals surface area contributed by atoms with Gasteiger partial charge in [0.2, 0.25) is 0 Å². The molecule has 0 radical (unpaired) electrons. The van der Waals surface area contributed by atoms with Crippen molar-refractivity contribution >= 4 is 11.8 Å². The van der Waals surface area contributed by atoms with Crippen LogP contribution in [0.3, 0.4) is 0 Å². The molecule has 0 saturated carbocycles. The Morgan fingerprint density at radius 2 is 1.91 bits per heavy atom. The standard InChI is InChI=1S/C25H40IN2O5/c1-6-26-16-20(32-4)15-22(29)28-14-10-13-21(28)24(33-5)17(2)25(31)27-18(3)23(30)19-11-8-7-9-12-19/h7-9,11-12,17-18,20-21,23-24,30H,6,10,13-16H2,1-5H3,(H,27,31)/q-1/t17-,18?,20?,21?,23?,24?/m1/s1. The molecule has 1 aliphatic rings. The number of aliphatic hydroxyl groups excluding tert-OH is 1. The molecule has 1 saturated heterocycles. The Balaban J connectivity index is 2.01. The molecule has 1 aromatic carbocycles. The molecule has 0 aromatic heterocycles. The van der Waals surface area contributed by atoms with E-state index in [0.29, 0.717) is 13.0 Å². The topological polar surface area (TPSA) is 88.1 Å². The number of rotatable bonds is 13. The van der Waals surface area contributed by atoms with Crippen molar-refractivity contribution in [1.29, 1.82) is 0 Å². The second-order valence-electron chi connectivity index (χ2n) is 8.61. The van der Waals surface area contributed by atoms with E-state index in [1.165, 1.54) is 4.43 Å². The second-order valence-corrected chi connectivity index (χ2v) is 12.1. The summed E-state index contributed by atoms with van der Waals surface area (Å²) in [5.41, 5.74) is 0.756. The predicted octanol–water partition coefficient (Wildman–Crippen LogP) is -0.619. The summed E-state index contributed by atoms with van der Waals surface area (Å²) in [5, 5.41) is 13.5. The number of methoxy groups -OCH3 is 2. The van der Waals surface area contributed by atoms with Crippen molar-refractivity contribution in [3.63, 3.8) is 0 Å². The van der Waals surface area contributed by atoms with Gasteiger partial charge < -0.3 is 5.11 Å². The quantitative estimate of drug-likeness (QED) is 0.242. The third kappa shape index (κ3) is 7.90. The molecule has 1 aliphatic heterocycles. The number of carbonyl (C=O) groups excluding carboxylic acids is 2. The van der Waals surface area contributed by atoms with E-state index in [1.807, 2.05) is 42.2 Å². The Morgan fingerprint density at radius 1 is 1.21 bits per heavy atom. The van der Waals surface area contributed by atoms with Gasteiger partial charge in [0.25, 0.3) is 0 Å². The number of hydrogen-bond acceptors (Lipinski definition) is 5. The minimum absolute atomic E-state index is 0.0338. The van der Waals surface area contributed by atoms with Crippen LogP contribution in [0.25, 0.3) is 0 Å². The fourth-order valence-electron chi connectivity index (χ4n) is 4.40. The molecule has 8 heteroatoms. The molecule has 0 aliphatic carbocycles. The maximum absolute atomic E-state index is 13.1. The van der Waals surface area contributed by atoms with E-state index >= 15 is 0 Å². The first-order valence-corrected chi connectivity index (χ1v) is 14.8. The molecule has 1 heterocycles. The van der Waals surface area contributed by atoms with Gasteiger partial charge in [-0.2, -0.15) is 0 Å². The predicted molar refractivity (Wildman–Crippen MR) is 125 cm³/mol. The number of benzene rings is 1. The van der Waals surface area contributed by atoms with Crippen LogP contribution in [0.2, 0.25) is 0 Å². The summed E-state index contributed by atoms with van der Waals surface area (Å²) in [5.74, 6) is -0.582. The second kappa shape index (κ2) is 14.2. The summed E-state index contributed by atoms with van der Waals surface area (Å²) in [7, 11) is 3.27. The van der Waals surface area contributed by atoms with Gasteiger partial charge >= 0.3 is 168 Å². The van der Waals surface area contributed by atoms with E-state index in [4.69, 9.17) is 9.47 Å². The SMILES string of the molecule is CC[I-]CC(CC(=O)N1CCCC1C(OC)[C@@H](C)C(=O)NC(C)C(O)c1ccccc1)OC. The molecule has 2 amide bonds. The van der Waals surface area contributed by atoms with E-state index in [9.17, 15) is 14.7 Å². The molecular formula is C25H40IN2O5-. The number of likely N-dealkylation sites (tertiary alicyclic amines) is 1. The van der Waals surface area contributed by atoms with Crippen molar-refractivity contribution in [2.24, 2.45) is 5.92 Å².